The van der Waals surface area contributed by atoms with Crippen molar-refractivity contribution in [2.45, 2.75) is 4.90 Å². The molecule has 0 heterocycles. The van der Waals surface area contributed by atoms with Crippen molar-refractivity contribution in [1.29, 1.82) is 0 Å². The molecule has 0 spiro atoms. The Kier molecular flexibility index (Phi) is 4.41. The highest BCUT2D eigenvalue weighted by atomic mass is 32.2. The molecule has 0 atom stereocenters. The summed E-state index contributed by atoms with van der Waals surface area (Å²) >= 11 is 1.40. The molecular formula is C14H14N2O2S. The van der Waals surface area contributed by atoms with Crippen molar-refractivity contribution >= 4 is 34.5 Å². The second-order valence-corrected chi connectivity index (χ2v) is 4.97. The van der Waals surface area contributed by atoms with Gasteiger partial charge in [0.25, 0.3) is 0 Å². The summed E-state index contributed by atoms with van der Waals surface area (Å²) in [5, 5.41) is 6.87. The zero-order chi connectivity index (χ0) is 13.7. The minimum absolute atomic E-state index is 0.214. The summed E-state index contributed by atoms with van der Waals surface area (Å²) in [6, 6.07) is 13.6. The van der Waals surface area contributed by atoms with Crippen molar-refractivity contribution in [3.8, 4) is 0 Å². The average Bonchev–Trinajstić information content (AvgIpc) is 2.44. The number of fused-ring (bicyclic) bond motifs is 1. The monoisotopic (exact) mass is 274 g/mol. The number of rotatable bonds is 3. The zero-order valence-corrected chi connectivity index (χ0v) is 11.3. The van der Waals surface area contributed by atoms with Gasteiger partial charge < -0.3 is 5.32 Å². The molecule has 2 N–H and O–H groups in total. The van der Waals surface area contributed by atoms with Crippen LogP contribution in [0.2, 0.25) is 0 Å². The third-order valence-electron chi connectivity index (χ3n) is 2.57. The van der Waals surface area contributed by atoms with E-state index in [0.29, 0.717) is 0 Å². The molecule has 98 valence electrons. The van der Waals surface area contributed by atoms with Crippen LogP contribution in [0.15, 0.2) is 47.4 Å². The molecule has 0 aliphatic rings. The van der Waals surface area contributed by atoms with Crippen molar-refractivity contribution in [3.63, 3.8) is 0 Å². The Morgan fingerprint density at radius 1 is 1.11 bits per heavy atom. The molecule has 2 aromatic rings. The smallest absolute Gasteiger partial charge is 0.321 e. The van der Waals surface area contributed by atoms with E-state index in [1.165, 1.54) is 24.2 Å². The third kappa shape index (κ3) is 3.72. The fourth-order valence-electron chi connectivity index (χ4n) is 1.63. The van der Waals surface area contributed by atoms with Crippen LogP contribution in [0.25, 0.3) is 10.8 Å². The van der Waals surface area contributed by atoms with Gasteiger partial charge in [0.05, 0.1) is 5.75 Å². The Balaban J connectivity index is 1.98. The quantitative estimate of drug-likeness (QED) is 0.845. The lowest BCUT2D eigenvalue weighted by molar-refractivity contribution is -0.117. The number of imide groups is 1. The number of hydrogen-bond acceptors (Lipinski definition) is 3. The van der Waals surface area contributed by atoms with Crippen LogP contribution in [0.5, 0.6) is 0 Å². The van der Waals surface area contributed by atoms with E-state index >= 15 is 0 Å². The molecule has 4 nitrogen and oxygen atoms in total. The molecule has 0 saturated carbocycles. The molecule has 2 aromatic carbocycles. The fourth-order valence-corrected chi connectivity index (χ4v) is 2.38. The first-order chi connectivity index (χ1) is 9.19. The van der Waals surface area contributed by atoms with Crippen LogP contribution in [0.3, 0.4) is 0 Å². The van der Waals surface area contributed by atoms with E-state index in [4.69, 9.17) is 0 Å². The van der Waals surface area contributed by atoms with Gasteiger partial charge in [0.15, 0.2) is 0 Å². The van der Waals surface area contributed by atoms with Gasteiger partial charge in [-0.2, -0.15) is 0 Å². The fraction of sp³-hybridized carbons (Fsp3) is 0.143. The lowest BCUT2D eigenvalue weighted by Crippen LogP contribution is -2.38. The molecule has 5 heteroatoms. The van der Waals surface area contributed by atoms with E-state index in [0.717, 1.165) is 10.3 Å². The zero-order valence-electron chi connectivity index (χ0n) is 10.5. The van der Waals surface area contributed by atoms with Crippen LogP contribution >= 0.6 is 11.8 Å². The first kappa shape index (κ1) is 13.4. The van der Waals surface area contributed by atoms with Gasteiger partial charge in [-0.3, -0.25) is 10.1 Å². The molecule has 0 fully saturated rings. The van der Waals surface area contributed by atoms with Crippen LogP contribution in [0.1, 0.15) is 0 Å². The lowest BCUT2D eigenvalue weighted by atomic mass is 10.1. The maximum atomic E-state index is 11.5. The van der Waals surface area contributed by atoms with E-state index in [9.17, 15) is 9.59 Å². The van der Waals surface area contributed by atoms with Crippen molar-refractivity contribution < 1.29 is 9.59 Å². The minimum atomic E-state index is -0.482. The Morgan fingerprint density at radius 2 is 1.84 bits per heavy atom. The van der Waals surface area contributed by atoms with Crippen LogP contribution in [0.4, 0.5) is 4.79 Å². The second kappa shape index (κ2) is 6.24. The SMILES string of the molecule is CNC(=O)NC(=O)CSc1ccc2ccccc2c1. The number of carbonyl (C=O) groups excluding carboxylic acids is 2. The molecule has 0 bridgehead atoms. The van der Waals surface area contributed by atoms with Gasteiger partial charge in [0, 0.05) is 11.9 Å². The first-order valence-electron chi connectivity index (χ1n) is 5.82. The highest BCUT2D eigenvalue weighted by molar-refractivity contribution is 8.00. The molecule has 0 unspecified atom stereocenters. The average molecular weight is 274 g/mol. The standard InChI is InChI=1S/C14H14N2O2S/c1-15-14(18)16-13(17)9-19-12-7-6-10-4-2-3-5-11(10)8-12/h2-8H,9H2,1H3,(H2,15,16,17,18). The molecule has 0 aromatic heterocycles. The molecular weight excluding hydrogens is 260 g/mol. The summed E-state index contributed by atoms with van der Waals surface area (Å²) in [4.78, 5) is 23.4. The third-order valence-corrected chi connectivity index (χ3v) is 3.56. The maximum Gasteiger partial charge on any atom is 0.321 e. The van der Waals surface area contributed by atoms with Crippen molar-refractivity contribution in [2.75, 3.05) is 12.8 Å². The van der Waals surface area contributed by atoms with Crippen molar-refractivity contribution in [2.24, 2.45) is 0 Å². The summed E-state index contributed by atoms with van der Waals surface area (Å²) in [5.41, 5.74) is 0. The Bertz CT molecular complexity index is 613. The van der Waals surface area contributed by atoms with Gasteiger partial charge in [-0.25, -0.2) is 4.79 Å². The maximum absolute atomic E-state index is 11.5. The van der Waals surface area contributed by atoms with Crippen molar-refractivity contribution in [1.82, 2.24) is 10.6 Å². The largest absolute Gasteiger partial charge is 0.341 e. The molecule has 0 radical (unpaired) electrons. The topological polar surface area (TPSA) is 58.2 Å². The minimum Gasteiger partial charge on any atom is -0.341 e. The van der Waals surface area contributed by atoms with E-state index in [1.807, 2.05) is 42.5 Å². The number of carbonyl (C=O) groups is 2. The molecule has 0 saturated heterocycles. The van der Waals surface area contributed by atoms with Crippen LogP contribution in [0, 0.1) is 0 Å². The molecule has 19 heavy (non-hydrogen) atoms. The molecule has 2 rings (SSSR count). The van der Waals surface area contributed by atoms with E-state index in [2.05, 4.69) is 10.6 Å². The summed E-state index contributed by atoms with van der Waals surface area (Å²) in [6.45, 7) is 0. The lowest BCUT2D eigenvalue weighted by Gasteiger charge is -2.04. The Morgan fingerprint density at radius 3 is 2.58 bits per heavy atom. The van der Waals surface area contributed by atoms with E-state index in [-0.39, 0.29) is 11.7 Å². The van der Waals surface area contributed by atoms with Gasteiger partial charge in [-0.05, 0) is 22.9 Å². The van der Waals surface area contributed by atoms with Gasteiger partial charge in [-0.15, -0.1) is 11.8 Å². The van der Waals surface area contributed by atoms with Gasteiger partial charge >= 0.3 is 6.03 Å². The molecule has 3 amide bonds. The Labute approximate surface area is 115 Å². The Hall–Kier alpha value is -2.01. The van der Waals surface area contributed by atoms with E-state index in [1.54, 1.807) is 0 Å². The highest BCUT2D eigenvalue weighted by Crippen LogP contribution is 2.23. The molecule has 0 aliphatic carbocycles. The van der Waals surface area contributed by atoms with Gasteiger partial charge in [0.1, 0.15) is 0 Å². The summed E-state index contributed by atoms with van der Waals surface area (Å²) < 4.78 is 0. The van der Waals surface area contributed by atoms with Gasteiger partial charge in [0.2, 0.25) is 5.91 Å². The number of nitrogens with one attached hydrogen (secondary N) is 2. The number of amides is 3. The summed E-state index contributed by atoms with van der Waals surface area (Å²) in [6.07, 6.45) is 0. The normalized spacial score (nSPS) is 10.2. The van der Waals surface area contributed by atoms with Gasteiger partial charge in [-0.1, -0.05) is 30.3 Å². The summed E-state index contributed by atoms with van der Waals surface area (Å²) in [5.74, 6) is -0.0938. The van der Waals surface area contributed by atoms with E-state index < -0.39 is 6.03 Å². The number of benzene rings is 2. The highest BCUT2D eigenvalue weighted by Gasteiger charge is 2.06. The predicted octanol–water partition coefficient (Wildman–Crippen LogP) is 2.39. The van der Waals surface area contributed by atoms with Crippen LogP contribution < -0.4 is 10.6 Å². The number of thioether (sulfide) groups is 1. The summed E-state index contributed by atoms with van der Waals surface area (Å²) in [7, 11) is 1.47. The first-order valence-corrected chi connectivity index (χ1v) is 6.81. The van der Waals surface area contributed by atoms with Crippen molar-refractivity contribution in [3.05, 3.63) is 42.5 Å². The molecule has 0 aliphatic heterocycles. The number of hydrogen-bond donors (Lipinski definition) is 2. The predicted molar refractivity (Wildman–Crippen MR) is 77.3 cm³/mol. The number of urea groups is 1. The van der Waals surface area contributed by atoms with Crippen LogP contribution in [-0.4, -0.2) is 24.7 Å². The van der Waals surface area contributed by atoms with Crippen LogP contribution in [-0.2, 0) is 4.79 Å². The second-order valence-electron chi connectivity index (χ2n) is 3.92.